The van der Waals surface area contributed by atoms with E-state index >= 15 is 0 Å². The summed E-state index contributed by atoms with van der Waals surface area (Å²) in [5.74, 6) is 1.82. The van der Waals surface area contributed by atoms with Crippen molar-refractivity contribution >= 4 is 65.4 Å². The molecule has 0 spiro atoms. The molecule has 0 aliphatic carbocycles. The maximum atomic E-state index is 6.49. The van der Waals surface area contributed by atoms with Crippen LogP contribution in [0, 0.1) is 0 Å². The Morgan fingerprint density at radius 2 is 1.00 bits per heavy atom. The zero-order valence-corrected chi connectivity index (χ0v) is 27.7. The van der Waals surface area contributed by atoms with Crippen LogP contribution in [0.3, 0.4) is 0 Å². The van der Waals surface area contributed by atoms with Crippen LogP contribution in [-0.4, -0.2) is 24.5 Å². The Morgan fingerprint density at radius 3 is 1.71 bits per heavy atom. The number of benzene rings is 7. The molecular weight excluding hydrogens is 639 g/mol. The molecule has 52 heavy (non-hydrogen) atoms. The molecule has 0 unspecified atom stereocenters. The van der Waals surface area contributed by atoms with Crippen LogP contribution in [0.15, 0.2) is 168 Å². The van der Waals surface area contributed by atoms with Crippen molar-refractivity contribution in [3.05, 3.63) is 164 Å². The number of aromatic nitrogens is 5. The van der Waals surface area contributed by atoms with E-state index in [0.717, 1.165) is 71.6 Å². The number of fused-ring (bicyclic) bond motifs is 8. The topological polar surface area (TPSA) is 69.6 Å². The minimum Gasteiger partial charge on any atom is -0.456 e. The lowest BCUT2D eigenvalue weighted by Gasteiger charge is -2.10. The SMILES string of the molecule is c1ccc2cc(-c3nc(-c4ccc5ccccc5c4)nc(-c4ccc5c(c4)oc4ccc(-n6c7ccccc7c7cccnc76)cc45)n3)ccc2c1. The molecule has 6 nitrogen and oxygen atoms in total. The number of para-hydroxylation sites is 1. The molecule has 7 aromatic carbocycles. The predicted molar refractivity (Wildman–Crippen MR) is 211 cm³/mol. The van der Waals surface area contributed by atoms with Crippen molar-refractivity contribution in [3.8, 4) is 39.9 Å². The third-order valence-electron chi connectivity index (χ3n) is 10.1. The average Bonchev–Trinajstić information content (AvgIpc) is 3.75. The molecule has 242 valence electrons. The summed E-state index contributed by atoms with van der Waals surface area (Å²) in [6.07, 6.45) is 1.85. The zero-order valence-electron chi connectivity index (χ0n) is 27.7. The van der Waals surface area contributed by atoms with Gasteiger partial charge in [-0.3, -0.25) is 4.57 Å². The minimum absolute atomic E-state index is 0.584. The second kappa shape index (κ2) is 11.2. The van der Waals surface area contributed by atoms with Crippen LogP contribution in [0.2, 0.25) is 0 Å². The van der Waals surface area contributed by atoms with Gasteiger partial charge in [0.25, 0.3) is 0 Å². The highest BCUT2D eigenvalue weighted by molar-refractivity contribution is 6.10. The third kappa shape index (κ3) is 4.51. The fourth-order valence-electron chi connectivity index (χ4n) is 7.52. The van der Waals surface area contributed by atoms with E-state index in [9.17, 15) is 0 Å². The van der Waals surface area contributed by atoms with E-state index in [1.54, 1.807) is 0 Å². The Hall–Kier alpha value is -7.18. The minimum atomic E-state index is 0.584. The van der Waals surface area contributed by atoms with Crippen LogP contribution in [0.5, 0.6) is 0 Å². The van der Waals surface area contributed by atoms with E-state index in [4.69, 9.17) is 24.4 Å². The molecule has 0 saturated carbocycles. The lowest BCUT2D eigenvalue weighted by molar-refractivity contribution is 0.669. The van der Waals surface area contributed by atoms with E-state index in [2.05, 4.69) is 144 Å². The molecule has 0 bridgehead atoms. The zero-order chi connectivity index (χ0) is 34.2. The highest BCUT2D eigenvalue weighted by atomic mass is 16.3. The first-order valence-electron chi connectivity index (χ1n) is 17.3. The first-order valence-corrected chi connectivity index (χ1v) is 17.3. The van der Waals surface area contributed by atoms with Crippen LogP contribution in [0.1, 0.15) is 0 Å². The standard InChI is InChI=1S/C46H27N5O/c1-3-10-30-24-32(17-15-28(30)8-1)43-48-44(33-18-16-29-9-2-4-11-31(29)25-33)50-45(49-43)34-19-21-37-39-27-35(20-22-41(39)52-42(37)26-34)51-40-14-6-5-12-36(40)38-13-7-23-47-46(38)51/h1-27H. The van der Waals surface area contributed by atoms with Crippen LogP contribution < -0.4 is 0 Å². The average molecular weight is 666 g/mol. The van der Waals surface area contributed by atoms with Crippen molar-refractivity contribution in [2.24, 2.45) is 0 Å². The molecule has 0 aliphatic heterocycles. The molecule has 0 atom stereocenters. The number of furan rings is 1. The molecule has 0 fully saturated rings. The molecule has 11 aromatic rings. The van der Waals surface area contributed by atoms with Crippen molar-refractivity contribution < 1.29 is 4.42 Å². The molecule has 11 rings (SSSR count). The summed E-state index contributed by atoms with van der Waals surface area (Å²) in [5, 5.41) is 8.96. The van der Waals surface area contributed by atoms with Gasteiger partial charge in [-0.05, 0) is 82.2 Å². The Labute approximate surface area is 297 Å². The lowest BCUT2D eigenvalue weighted by Crippen LogP contribution is -2.00. The Bertz CT molecular complexity index is 3060. The van der Waals surface area contributed by atoms with Crippen LogP contribution in [0.25, 0.3) is 105 Å². The van der Waals surface area contributed by atoms with Crippen LogP contribution >= 0.6 is 0 Å². The van der Waals surface area contributed by atoms with Crippen molar-refractivity contribution in [2.75, 3.05) is 0 Å². The van der Waals surface area contributed by atoms with E-state index < -0.39 is 0 Å². The summed E-state index contributed by atoms with van der Waals surface area (Å²) in [4.78, 5) is 19.9. The quantitative estimate of drug-likeness (QED) is 0.187. The van der Waals surface area contributed by atoms with Gasteiger partial charge in [-0.15, -0.1) is 0 Å². The number of nitrogens with zero attached hydrogens (tertiary/aromatic N) is 5. The highest BCUT2D eigenvalue weighted by Gasteiger charge is 2.17. The fraction of sp³-hybridized carbons (Fsp3) is 0. The Balaban J connectivity index is 1.07. The maximum Gasteiger partial charge on any atom is 0.164 e. The second-order valence-electron chi connectivity index (χ2n) is 13.2. The van der Waals surface area contributed by atoms with Crippen LogP contribution in [-0.2, 0) is 0 Å². The number of hydrogen-bond acceptors (Lipinski definition) is 5. The summed E-state index contributed by atoms with van der Waals surface area (Å²) in [5.41, 5.74) is 7.37. The monoisotopic (exact) mass is 665 g/mol. The molecule has 0 radical (unpaired) electrons. The molecule has 0 saturated heterocycles. The molecule has 0 aliphatic rings. The normalized spacial score (nSPS) is 11.8. The summed E-state index contributed by atoms with van der Waals surface area (Å²) in [7, 11) is 0. The van der Waals surface area contributed by atoms with Crippen molar-refractivity contribution in [2.45, 2.75) is 0 Å². The van der Waals surface area contributed by atoms with E-state index in [1.807, 2.05) is 24.4 Å². The van der Waals surface area contributed by atoms with Gasteiger partial charge >= 0.3 is 0 Å². The third-order valence-corrected chi connectivity index (χ3v) is 10.1. The van der Waals surface area contributed by atoms with Gasteiger partial charge in [0.2, 0.25) is 0 Å². The largest absolute Gasteiger partial charge is 0.456 e. The van der Waals surface area contributed by atoms with Gasteiger partial charge in [-0.1, -0.05) is 97.1 Å². The second-order valence-corrected chi connectivity index (χ2v) is 13.2. The van der Waals surface area contributed by atoms with Gasteiger partial charge in [0.15, 0.2) is 17.5 Å². The van der Waals surface area contributed by atoms with Gasteiger partial charge in [0.05, 0.1) is 5.52 Å². The van der Waals surface area contributed by atoms with Crippen molar-refractivity contribution in [3.63, 3.8) is 0 Å². The van der Waals surface area contributed by atoms with Crippen molar-refractivity contribution in [1.29, 1.82) is 0 Å². The summed E-state index contributed by atoms with van der Waals surface area (Å²) >= 11 is 0. The summed E-state index contributed by atoms with van der Waals surface area (Å²) in [6, 6.07) is 54.5. The van der Waals surface area contributed by atoms with Crippen LogP contribution in [0.4, 0.5) is 0 Å². The number of rotatable bonds is 4. The number of pyridine rings is 1. The number of hydrogen-bond donors (Lipinski definition) is 0. The fourth-order valence-corrected chi connectivity index (χ4v) is 7.52. The van der Waals surface area contributed by atoms with Gasteiger partial charge in [0.1, 0.15) is 16.8 Å². The summed E-state index contributed by atoms with van der Waals surface area (Å²) in [6.45, 7) is 0. The summed E-state index contributed by atoms with van der Waals surface area (Å²) < 4.78 is 8.72. The van der Waals surface area contributed by atoms with Gasteiger partial charge < -0.3 is 4.42 Å². The first kappa shape index (κ1) is 28.6. The molecule has 6 heteroatoms. The first-order chi connectivity index (χ1) is 25.7. The predicted octanol–water partition coefficient (Wildman–Crippen LogP) is 11.6. The molecular formula is C46H27N5O. The Morgan fingerprint density at radius 1 is 0.404 bits per heavy atom. The van der Waals surface area contributed by atoms with E-state index in [0.29, 0.717) is 17.5 Å². The van der Waals surface area contributed by atoms with Gasteiger partial charge in [0, 0.05) is 50.1 Å². The van der Waals surface area contributed by atoms with Crippen molar-refractivity contribution in [1.82, 2.24) is 24.5 Å². The maximum absolute atomic E-state index is 6.49. The van der Waals surface area contributed by atoms with Gasteiger partial charge in [-0.25, -0.2) is 19.9 Å². The Kier molecular flexibility index (Phi) is 6.15. The van der Waals surface area contributed by atoms with Gasteiger partial charge in [-0.2, -0.15) is 0 Å². The highest BCUT2D eigenvalue weighted by Crippen LogP contribution is 2.37. The smallest absolute Gasteiger partial charge is 0.164 e. The lowest BCUT2D eigenvalue weighted by atomic mass is 10.1. The molecule has 4 heterocycles. The van der Waals surface area contributed by atoms with E-state index in [1.165, 1.54) is 16.2 Å². The molecule has 0 amide bonds. The molecule has 0 N–H and O–H groups in total. The molecule has 4 aromatic heterocycles. The van der Waals surface area contributed by atoms with E-state index in [-0.39, 0.29) is 0 Å².